The number of hydrogen-bond acceptors (Lipinski definition) is 3. The van der Waals surface area contributed by atoms with E-state index in [-0.39, 0.29) is 11.7 Å². The smallest absolute Gasteiger partial charge is 0.209 e. The molecule has 0 saturated carbocycles. The van der Waals surface area contributed by atoms with Gasteiger partial charge >= 0.3 is 0 Å². The molecule has 0 bridgehead atoms. The summed E-state index contributed by atoms with van der Waals surface area (Å²) in [4.78, 5) is 0. The van der Waals surface area contributed by atoms with Crippen LogP contribution in [0.4, 0.5) is 0 Å². The summed E-state index contributed by atoms with van der Waals surface area (Å²) >= 11 is 3.45. The number of hydrogen-bond donors (Lipinski definition) is 1. The van der Waals surface area contributed by atoms with E-state index >= 15 is 0 Å². The molecule has 0 radical (unpaired) electrons. The average Bonchev–Trinajstić information content (AvgIpc) is 2.28. The van der Waals surface area contributed by atoms with E-state index in [2.05, 4.69) is 15.9 Å². The van der Waals surface area contributed by atoms with Gasteiger partial charge in [0.1, 0.15) is 5.75 Å². The summed E-state index contributed by atoms with van der Waals surface area (Å²) in [6, 6.07) is 5.92. The zero-order valence-corrected chi connectivity index (χ0v) is 13.6. The highest BCUT2D eigenvalue weighted by atomic mass is 79.9. The first-order chi connectivity index (χ1) is 8.78. The Balaban J connectivity index is 2.33. The number of primary sulfonamides is 1. The number of ether oxygens (including phenoxy) is 1. The predicted molar refractivity (Wildman–Crippen MR) is 80.7 cm³/mol. The third-order valence-electron chi connectivity index (χ3n) is 2.85. The third-order valence-corrected chi connectivity index (χ3v) is 4.28. The van der Waals surface area contributed by atoms with E-state index < -0.39 is 10.0 Å². The normalized spacial score (nSPS) is 13.3. The van der Waals surface area contributed by atoms with Crippen molar-refractivity contribution in [2.45, 2.75) is 26.7 Å². The first kappa shape index (κ1) is 16.5. The molecule has 4 nitrogen and oxygen atoms in total. The van der Waals surface area contributed by atoms with Crippen molar-refractivity contribution >= 4 is 26.0 Å². The molecule has 1 aromatic rings. The molecule has 1 atom stereocenters. The van der Waals surface area contributed by atoms with Crippen LogP contribution < -0.4 is 9.88 Å². The molecule has 0 aliphatic rings. The molecule has 0 spiro atoms. The van der Waals surface area contributed by atoms with Gasteiger partial charge in [0.25, 0.3) is 0 Å². The minimum atomic E-state index is -3.36. The van der Waals surface area contributed by atoms with Crippen LogP contribution in [-0.4, -0.2) is 20.8 Å². The molecule has 6 heteroatoms. The molecule has 19 heavy (non-hydrogen) atoms. The summed E-state index contributed by atoms with van der Waals surface area (Å²) < 4.78 is 28.3. The van der Waals surface area contributed by atoms with Crippen molar-refractivity contribution in [3.63, 3.8) is 0 Å². The number of sulfonamides is 1. The van der Waals surface area contributed by atoms with Gasteiger partial charge in [-0.25, -0.2) is 13.6 Å². The molecule has 108 valence electrons. The standard InChI is InChI=1S/C13H20BrNO3S/c1-10(6-8-19(15,16)17)5-7-18-13-4-3-11(2)9-12(13)14/h3-4,9-10H,5-8H2,1-2H3,(H2,15,16,17). The van der Waals surface area contributed by atoms with Crippen LogP contribution in [0.5, 0.6) is 5.75 Å². The summed E-state index contributed by atoms with van der Waals surface area (Å²) in [6.45, 7) is 4.58. The average molecular weight is 350 g/mol. The zero-order valence-electron chi connectivity index (χ0n) is 11.2. The molecule has 0 aliphatic carbocycles. The second kappa shape index (κ2) is 7.26. The van der Waals surface area contributed by atoms with Gasteiger partial charge in [0.15, 0.2) is 0 Å². The molecule has 0 fully saturated rings. The lowest BCUT2D eigenvalue weighted by Crippen LogP contribution is -2.18. The second-order valence-corrected chi connectivity index (χ2v) is 7.42. The first-order valence-corrected chi connectivity index (χ1v) is 8.68. The summed E-state index contributed by atoms with van der Waals surface area (Å²) in [7, 11) is -3.36. The Morgan fingerprint density at radius 3 is 2.63 bits per heavy atom. The van der Waals surface area contributed by atoms with Crippen LogP contribution in [0.2, 0.25) is 0 Å². The van der Waals surface area contributed by atoms with E-state index in [0.717, 1.165) is 16.6 Å². The van der Waals surface area contributed by atoms with Gasteiger partial charge in [-0.1, -0.05) is 13.0 Å². The number of rotatable bonds is 7. The molecule has 2 N–H and O–H groups in total. The van der Waals surface area contributed by atoms with Gasteiger partial charge in [0.2, 0.25) is 10.0 Å². The van der Waals surface area contributed by atoms with Crippen LogP contribution in [0, 0.1) is 12.8 Å². The van der Waals surface area contributed by atoms with Gasteiger partial charge in [0.05, 0.1) is 16.8 Å². The molecule has 0 aliphatic heterocycles. The van der Waals surface area contributed by atoms with Crippen LogP contribution in [0.15, 0.2) is 22.7 Å². The second-order valence-electron chi connectivity index (χ2n) is 4.83. The summed E-state index contributed by atoms with van der Waals surface area (Å²) in [5.74, 6) is 1.11. The minimum absolute atomic E-state index is 0.0302. The molecule has 1 aromatic carbocycles. The van der Waals surface area contributed by atoms with Gasteiger partial charge < -0.3 is 4.74 Å². The number of benzene rings is 1. The quantitative estimate of drug-likeness (QED) is 0.822. The third kappa shape index (κ3) is 6.94. The monoisotopic (exact) mass is 349 g/mol. The van der Waals surface area contributed by atoms with Gasteiger partial charge in [0, 0.05) is 0 Å². The van der Waals surface area contributed by atoms with Gasteiger partial charge in [-0.3, -0.25) is 0 Å². The molecule has 0 aromatic heterocycles. The highest BCUT2D eigenvalue weighted by Gasteiger charge is 2.09. The molecule has 0 saturated heterocycles. The van der Waals surface area contributed by atoms with E-state index in [0.29, 0.717) is 13.0 Å². The van der Waals surface area contributed by atoms with Crippen molar-refractivity contribution in [2.24, 2.45) is 11.1 Å². The van der Waals surface area contributed by atoms with Crippen molar-refractivity contribution in [1.82, 2.24) is 0 Å². The Morgan fingerprint density at radius 1 is 1.37 bits per heavy atom. The van der Waals surface area contributed by atoms with E-state index in [4.69, 9.17) is 9.88 Å². The minimum Gasteiger partial charge on any atom is -0.492 e. The SMILES string of the molecule is Cc1ccc(OCCC(C)CCS(N)(=O)=O)c(Br)c1. The number of halogens is 1. The molecular formula is C13H20BrNO3S. The lowest BCUT2D eigenvalue weighted by atomic mass is 10.1. The maximum Gasteiger partial charge on any atom is 0.209 e. The topological polar surface area (TPSA) is 69.4 Å². The van der Waals surface area contributed by atoms with Gasteiger partial charge in [-0.2, -0.15) is 0 Å². The largest absolute Gasteiger partial charge is 0.492 e. The highest BCUT2D eigenvalue weighted by molar-refractivity contribution is 9.10. The maximum atomic E-state index is 10.8. The van der Waals surface area contributed by atoms with E-state index in [1.54, 1.807) is 0 Å². The lowest BCUT2D eigenvalue weighted by Gasteiger charge is -2.12. The summed E-state index contributed by atoms with van der Waals surface area (Å²) in [6.07, 6.45) is 1.37. The van der Waals surface area contributed by atoms with Crippen LogP contribution >= 0.6 is 15.9 Å². The van der Waals surface area contributed by atoms with E-state index in [9.17, 15) is 8.42 Å². The fourth-order valence-corrected chi connectivity index (χ4v) is 2.94. The van der Waals surface area contributed by atoms with Crippen molar-refractivity contribution in [2.75, 3.05) is 12.4 Å². The summed E-state index contributed by atoms with van der Waals surface area (Å²) in [5, 5.41) is 4.97. The predicted octanol–water partition coefficient (Wildman–Crippen LogP) is 2.84. The van der Waals surface area contributed by atoms with Crippen molar-refractivity contribution in [3.05, 3.63) is 28.2 Å². The van der Waals surface area contributed by atoms with Crippen molar-refractivity contribution < 1.29 is 13.2 Å². The fourth-order valence-electron chi connectivity index (χ4n) is 1.60. The zero-order chi connectivity index (χ0) is 14.5. The Bertz CT molecular complexity index is 517. The van der Waals surface area contributed by atoms with E-state index in [1.807, 2.05) is 32.0 Å². The first-order valence-electron chi connectivity index (χ1n) is 6.17. The fraction of sp³-hybridized carbons (Fsp3) is 0.538. The van der Waals surface area contributed by atoms with Crippen molar-refractivity contribution in [3.8, 4) is 5.75 Å². The van der Waals surface area contributed by atoms with Gasteiger partial charge in [-0.05, 0) is 59.3 Å². The molecule has 1 unspecified atom stereocenters. The molecule has 1 rings (SSSR count). The molecular weight excluding hydrogens is 330 g/mol. The lowest BCUT2D eigenvalue weighted by molar-refractivity contribution is 0.280. The highest BCUT2D eigenvalue weighted by Crippen LogP contribution is 2.26. The summed E-state index contributed by atoms with van der Waals surface area (Å²) in [5.41, 5.74) is 1.17. The maximum absolute atomic E-state index is 10.8. The van der Waals surface area contributed by atoms with Crippen LogP contribution in [-0.2, 0) is 10.0 Å². The number of aryl methyl sites for hydroxylation is 1. The Morgan fingerprint density at radius 2 is 2.05 bits per heavy atom. The van der Waals surface area contributed by atoms with Crippen molar-refractivity contribution in [1.29, 1.82) is 0 Å². The Hall–Kier alpha value is -0.590. The van der Waals surface area contributed by atoms with Crippen LogP contribution in [0.1, 0.15) is 25.3 Å². The Kier molecular flexibility index (Phi) is 6.29. The molecule has 0 heterocycles. The number of nitrogens with two attached hydrogens (primary N) is 1. The van der Waals surface area contributed by atoms with Gasteiger partial charge in [-0.15, -0.1) is 0 Å². The van der Waals surface area contributed by atoms with Crippen LogP contribution in [0.3, 0.4) is 0 Å². The molecule has 0 amide bonds. The Labute approximate surface area is 123 Å². The van der Waals surface area contributed by atoms with E-state index in [1.165, 1.54) is 5.56 Å². The van der Waals surface area contributed by atoms with Crippen LogP contribution in [0.25, 0.3) is 0 Å².